The van der Waals surface area contributed by atoms with Crippen LogP contribution in [0.5, 0.6) is 0 Å². The average Bonchev–Trinajstić information content (AvgIpc) is 3.46. The number of hydrogen-bond donors (Lipinski definition) is 4. The number of amides is 3. The molecule has 4 unspecified atom stereocenters. The molecule has 3 aromatic carbocycles. The number of hydrogen-bond acceptors (Lipinski definition) is 9. The first-order chi connectivity index (χ1) is 24.3. The molecule has 0 bridgehead atoms. The minimum atomic E-state index is -0.626. The number of nitrogens with one attached hydrogen (secondary N) is 3. The standard InChI is InChI=1S/C38H47N5O7/c1-3-48-33(45)22-40-37(47)39-21-27-9-15-30(16-10-27)35-49-32(26(2)34(50-35)29-13-11-28(24-44)12-14-29)23-42-19-17-38(18-20-42)36(46)41-25-43(38)31-7-5-4-6-8-31/h4-16,26,32,34-35,44H,3,17-25H2,1-2H3,(H,41,46)(H2,39,40,47). The van der Waals surface area contributed by atoms with E-state index in [1.54, 1.807) is 6.92 Å². The molecule has 4 N–H and O–H groups in total. The molecule has 3 aliphatic rings. The van der Waals surface area contributed by atoms with Crippen molar-refractivity contribution in [1.82, 2.24) is 20.9 Å². The maximum Gasteiger partial charge on any atom is 0.325 e. The lowest BCUT2D eigenvalue weighted by Crippen LogP contribution is -2.57. The van der Waals surface area contributed by atoms with Gasteiger partial charge in [0, 0.05) is 43.3 Å². The molecular weight excluding hydrogens is 638 g/mol. The van der Waals surface area contributed by atoms with E-state index in [9.17, 15) is 19.5 Å². The van der Waals surface area contributed by atoms with Crippen LogP contribution in [0.3, 0.4) is 0 Å². The lowest BCUT2D eigenvalue weighted by Gasteiger charge is -2.46. The number of likely N-dealkylation sites (tertiary alicyclic amines) is 1. The molecule has 3 amide bonds. The number of benzene rings is 3. The summed E-state index contributed by atoms with van der Waals surface area (Å²) in [4.78, 5) is 41.5. The van der Waals surface area contributed by atoms with Crippen LogP contribution in [0.15, 0.2) is 78.9 Å². The molecule has 3 saturated heterocycles. The van der Waals surface area contributed by atoms with Gasteiger partial charge in [0.2, 0.25) is 5.91 Å². The summed E-state index contributed by atoms with van der Waals surface area (Å²) in [5, 5.41) is 17.9. The number of nitrogens with zero attached hydrogens (tertiary/aromatic N) is 2. The molecule has 6 rings (SSSR count). The van der Waals surface area contributed by atoms with E-state index < -0.39 is 23.8 Å². The van der Waals surface area contributed by atoms with Crippen LogP contribution in [0.1, 0.15) is 61.3 Å². The highest BCUT2D eigenvalue weighted by molar-refractivity contribution is 5.93. The van der Waals surface area contributed by atoms with Gasteiger partial charge in [0.15, 0.2) is 6.29 Å². The molecule has 0 radical (unpaired) electrons. The first-order valence-corrected chi connectivity index (χ1v) is 17.4. The molecule has 266 valence electrons. The third kappa shape index (κ3) is 7.94. The Morgan fingerprint density at radius 2 is 1.62 bits per heavy atom. The number of urea groups is 1. The van der Waals surface area contributed by atoms with Gasteiger partial charge in [-0.15, -0.1) is 0 Å². The molecule has 50 heavy (non-hydrogen) atoms. The highest BCUT2D eigenvalue weighted by Gasteiger charge is 2.51. The molecule has 12 heteroatoms. The molecule has 12 nitrogen and oxygen atoms in total. The first-order valence-electron chi connectivity index (χ1n) is 17.4. The summed E-state index contributed by atoms with van der Waals surface area (Å²) in [6.45, 7) is 6.90. The third-order valence-electron chi connectivity index (χ3n) is 10.1. The lowest BCUT2D eigenvalue weighted by atomic mass is 9.84. The number of aliphatic hydroxyl groups is 1. The normalized spacial score (nSPS) is 23.3. The van der Waals surface area contributed by atoms with Crippen molar-refractivity contribution >= 4 is 23.6 Å². The lowest BCUT2D eigenvalue weighted by molar-refractivity contribution is -0.276. The maximum absolute atomic E-state index is 13.2. The zero-order chi connectivity index (χ0) is 35.1. The smallest absolute Gasteiger partial charge is 0.325 e. The highest BCUT2D eigenvalue weighted by Crippen LogP contribution is 2.43. The van der Waals surface area contributed by atoms with Gasteiger partial charge in [0.1, 0.15) is 12.1 Å². The Morgan fingerprint density at radius 3 is 2.30 bits per heavy atom. The summed E-state index contributed by atoms with van der Waals surface area (Å²) in [6, 6.07) is 25.3. The second-order valence-electron chi connectivity index (χ2n) is 13.2. The fourth-order valence-corrected chi connectivity index (χ4v) is 7.12. The van der Waals surface area contributed by atoms with E-state index in [1.807, 2.05) is 66.7 Å². The summed E-state index contributed by atoms with van der Waals surface area (Å²) >= 11 is 0. The van der Waals surface area contributed by atoms with Gasteiger partial charge >= 0.3 is 12.0 Å². The molecule has 0 saturated carbocycles. The second kappa shape index (κ2) is 16.0. The molecule has 3 heterocycles. The van der Waals surface area contributed by atoms with Crippen molar-refractivity contribution in [3.63, 3.8) is 0 Å². The molecule has 1 spiro atoms. The van der Waals surface area contributed by atoms with Crippen molar-refractivity contribution in [2.24, 2.45) is 5.92 Å². The number of ether oxygens (including phenoxy) is 3. The topological polar surface area (TPSA) is 142 Å². The number of aliphatic hydroxyl groups excluding tert-OH is 1. The fourth-order valence-electron chi connectivity index (χ4n) is 7.12. The van der Waals surface area contributed by atoms with Crippen LogP contribution in [0.25, 0.3) is 0 Å². The maximum atomic E-state index is 13.2. The van der Waals surface area contributed by atoms with Crippen molar-refractivity contribution in [2.75, 3.05) is 44.4 Å². The van der Waals surface area contributed by atoms with Gasteiger partial charge in [-0.05, 0) is 48.6 Å². The van der Waals surface area contributed by atoms with Crippen LogP contribution < -0.4 is 20.9 Å². The van der Waals surface area contributed by atoms with Gasteiger partial charge in [0.25, 0.3) is 0 Å². The van der Waals surface area contributed by atoms with Crippen molar-refractivity contribution < 1.29 is 33.7 Å². The predicted octanol–water partition coefficient (Wildman–Crippen LogP) is 3.76. The first kappa shape index (κ1) is 35.3. The largest absolute Gasteiger partial charge is 0.465 e. The van der Waals surface area contributed by atoms with E-state index in [0.717, 1.165) is 53.9 Å². The zero-order valence-electron chi connectivity index (χ0n) is 28.7. The highest BCUT2D eigenvalue weighted by atomic mass is 16.7. The van der Waals surface area contributed by atoms with Crippen LogP contribution in [-0.4, -0.2) is 79.0 Å². The predicted molar refractivity (Wildman–Crippen MR) is 187 cm³/mol. The number of para-hydroxylation sites is 1. The van der Waals surface area contributed by atoms with Crippen LogP contribution >= 0.6 is 0 Å². The number of carbonyl (C=O) groups is 3. The van der Waals surface area contributed by atoms with E-state index in [0.29, 0.717) is 13.2 Å². The van der Waals surface area contributed by atoms with Crippen molar-refractivity contribution in [3.8, 4) is 0 Å². The van der Waals surface area contributed by atoms with E-state index in [2.05, 4.69) is 44.8 Å². The molecular formula is C38H47N5O7. The Morgan fingerprint density at radius 1 is 0.940 bits per heavy atom. The Labute approximate surface area is 293 Å². The fraction of sp³-hybridized carbons (Fsp3) is 0.447. The Kier molecular flexibility index (Phi) is 11.3. The summed E-state index contributed by atoms with van der Waals surface area (Å²) < 4.78 is 18.2. The third-order valence-corrected chi connectivity index (χ3v) is 10.1. The molecule has 3 aromatic rings. The molecule has 3 aliphatic heterocycles. The van der Waals surface area contributed by atoms with Gasteiger partial charge in [-0.1, -0.05) is 73.7 Å². The van der Waals surface area contributed by atoms with E-state index in [4.69, 9.17) is 14.2 Å². The van der Waals surface area contributed by atoms with Crippen LogP contribution in [0.4, 0.5) is 10.5 Å². The Hall–Kier alpha value is -4.49. The van der Waals surface area contributed by atoms with Gasteiger partial charge in [-0.2, -0.15) is 0 Å². The van der Waals surface area contributed by atoms with E-state index >= 15 is 0 Å². The number of carbonyl (C=O) groups excluding carboxylic acids is 3. The van der Waals surface area contributed by atoms with Crippen LogP contribution in [0.2, 0.25) is 0 Å². The summed E-state index contributed by atoms with van der Waals surface area (Å²) in [5.74, 6) is -0.372. The second-order valence-corrected chi connectivity index (χ2v) is 13.2. The Balaban J connectivity index is 1.13. The van der Waals surface area contributed by atoms with Gasteiger partial charge < -0.3 is 45.1 Å². The number of anilines is 1. The van der Waals surface area contributed by atoms with Gasteiger partial charge in [-0.25, -0.2) is 4.79 Å². The quantitative estimate of drug-likeness (QED) is 0.222. The van der Waals surface area contributed by atoms with Gasteiger partial charge in [-0.3, -0.25) is 9.59 Å². The number of esters is 1. The SMILES string of the molecule is CCOC(=O)CNC(=O)NCc1ccc(C2OC(CN3CCC4(CC3)C(=O)NCN4c3ccccc3)C(C)C(c3ccc(CO)cc3)O2)cc1. The number of piperidine rings is 1. The van der Waals surface area contributed by atoms with E-state index in [1.165, 1.54) is 0 Å². The average molecular weight is 686 g/mol. The minimum absolute atomic E-state index is 0.0225. The summed E-state index contributed by atoms with van der Waals surface area (Å²) in [5.41, 5.74) is 4.08. The zero-order valence-corrected chi connectivity index (χ0v) is 28.7. The molecule has 0 aliphatic carbocycles. The molecule has 4 atom stereocenters. The van der Waals surface area contributed by atoms with Crippen molar-refractivity contribution in [1.29, 1.82) is 0 Å². The number of rotatable bonds is 11. The van der Waals surface area contributed by atoms with Crippen molar-refractivity contribution in [2.45, 2.75) is 63.9 Å². The van der Waals surface area contributed by atoms with Crippen LogP contribution in [0, 0.1) is 5.92 Å². The minimum Gasteiger partial charge on any atom is -0.465 e. The molecule has 0 aromatic heterocycles. The molecule has 3 fully saturated rings. The Bertz CT molecular complexity index is 1600. The van der Waals surface area contributed by atoms with Crippen LogP contribution in [-0.2, 0) is 37.0 Å². The summed E-state index contributed by atoms with van der Waals surface area (Å²) in [7, 11) is 0. The monoisotopic (exact) mass is 685 g/mol. The van der Waals surface area contributed by atoms with Crippen molar-refractivity contribution in [3.05, 3.63) is 101 Å². The summed E-state index contributed by atoms with van der Waals surface area (Å²) in [6.07, 6.45) is 0.409. The van der Waals surface area contributed by atoms with Gasteiger partial charge in [0.05, 0.1) is 32.1 Å². The van der Waals surface area contributed by atoms with E-state index in [-0.39, 0.29) is 50.3 Å².